The lowest BCUT2D eigenvalue weighted by molar-refractivity contribution is -0.154. The van der Waals surface area contributed by atoms with E-state index in [1.807, 2.05) is 20.8 Å². The summed E-state index contributed by atoms with van der Waals surface area (Å²) in [5, 5.41) is 12.2. The van der Waals surface area contributed by atoms with Crippen LogP contribution in [0.4, 0.5) is 0 Å². The monoisotopic (exact) mass is 271 g/mol. The van der Waals surface area contributed by atoms with Crippen molar-refractivity contribution in [3.63, 3.8) is 0 Å². The lowest BCUT2D eigenvalue weighted by Crippen LogP contribution is -2.48. The van der Waals surface area contributed by atoms with Crippen molar-refractivity contribution in [2.24, 2.45) is 17.3 Å². The zero-order valence-electron chi connectivity index (χ0n) is 12.1. The van der Waals surface area contributed by atoms with Gasteiger partial charge in [0.15, 0.2) is 0 Å². The van der Waals surface area contributed by atoms with Crippen molar-refractivity contribution >= 4 is 11.9 Å². The molecule has 0 aromatic carbocycles. The van der Waals surface area contributed by atoms with Crippen molar-refractivity contribution in [2.45, 2.75) is 40.0 Å². The van der Waals surface area contributed by atoms with Gasteiger partial charge in [-0.25, -0.2) is 0 Å². The van der Waals surface area contributed by atoms with Crippen molar-refractivity contribution in [1.29, 1.82) is 0 Å². The molecule has 1 fully saturated rings. The van der Waals surface area contributed by atoms with Crippen LogP contribution in [0, 0.1) is 17.3 Å². The fourth-order valence-corrected chi connectivity index (χ4v) is 2.26. The van der Waals surface area contributed by atoms with Gasteiger partial charge < -0.3 is 15.2 Å². The maximum absolute atomic E-state index is 12.0. The maximum atomic E-state index is 12.0. The van der Waals surface area contributed by atoms with E-state index in [9.17, 15) is 14.7 Å². The van der Waals surface area contributed by atoms with Crippen molar-refractivity contribution in [2.75, 3.05) is 19.8 Å². The average Bonchev–Trinajstić information content (AvgIpc) is 2.43. The molecule has 19 heavy (non-hydrogen) atoms. The van der Waals surface area contributed by atoms with Crippen molar-refractivity contribution < 1.29 is 19.4 Å². The van der Waals surface area contributed by atoms with Crippen LogP contribution in [0.3, 0.4) is 0 Å². The highest BCUT2D eigenvalue weighted by molar-refractivity contribution is 5.80. The van der Waals surface area contributed by atoms with Gasteiger partial charge in [-0.3, -0.25) is 9.59 Å². The van der Waals surface area contributed by atoms with Crippen LogP contribution >= 0.6 is 0 Å². The molecule has 0 saturated carbocycles. The molecule has 1 aliphatic rings. The van der Waals surface area contributed by atoms with Crippen LogP contribution in [-0.2, 0) is 14.3 Å². The number of carboxylic acids is 1. The summed E-state index contributed by atoms with van der Waals surface area (Å²) in [5.41, 5.74) is -0.858. The van der Waals surface area contributed by atoms with Crippen LogP contribution in [0.25, 0.3) is 0 Å². The lowest BCUT2D eigenvalue weighted by atomic mass is 9.80. The Morgan fingerprint density at radius 2 is 1.89 bits per heavy atom. The Kier molecular flexibility index (Phi) is 5.79. The average molecular weight is 271 g/mol. The standard InChI is InChI=1S/C14H25NO4/c1-4-10(2)11(3)12(16)15-9-14(13(17)18)5-7-19-8-6-14/h10-11H,4-9H2,1-3H3,(H,15,16)(H,17,18). The van der Waals surface area contributed by atoms with Gasteiger partial charge in [0.05, 0.1) is 5.41 Å². The van der Waals surface area contributed by atoms with Crippen LogP contribution in [0.1, 0.15) is 40.0 Å². The zero-order chi connectivity index (χ0) is 14.5. The quantitative estimate of drug-likeness (QED) is 0.770. The molecule has 1 amide bonds. The van der Waals surface area contributed by atoms with E-state index in [1.165, 1.54) is 0 Å². The van der Waals surface area contributed by atoms with Crippen molar-refractivity contribution in [1.82, 2.24) is 5.32 Å². The summed E-state index contributed by atoms with van der Waals surface area (Å²) in [7, 11) is 0. The van der Waals surface area contributed by atoms with Crippen LogP contribution in [0.5, 0.6) is 0 Å². The summed E-state index contributed by atoms with van der Waals surface area (Å²) in [6, 6.07) is 0. The van der Waals surface area contributed by atoms with Crippen LogP contribution in [-0.4, -0.2) is 36.7 Å². The summed E-state index contributed by atoms with van der Waals surface area (Å²) in [4.78, 5) is 23.5. The van der Waals surface area contributed by atoms with Crippen LogP contribution in [0.2, 0.25) is 0 Å². The molecule has 0 radical (unpaired) electrons. The van der Waals surface area contributed by atoms with Gasteiger partial charge in [0.2, 0.25) is 5.91 Å². The molecule has 0 aromatic rings. The fourth-order valence-electron chi connectivity index (χ4n) is 2.26. The normalized spacial score (nSPS) is 21.4. The second-order valence-corrected chi connectivity index (χ2v) is 5.59. The number of carbonyl (C=O) groups excluding carboxylic acids is 1. The molecule has 2 atom stereocenters. The third kappa shape index (κ3) is 3.93. The highest BCUT2D eigenvalue weighted by atomic mass is 16.5. The van der Waals surface area contributed by atoms with E-state index in [4.69, 9.17) is 4.74 Å². The molecule has 1 aliphatic heterocycles. The lowest BCUT2D eigenvalue weighted by Gasteiger charge is -2.33. The minimum Gasteiger partial charge on any atom is -0.481 e. The maximum Gasteiger partial charge on any atom is 0.311 e. The van der Waals surface area contributed by atoms with Gasteiger partial charge in [0.1, 0.15) is 0 Å². The number of hydrogen-bond acceptors (Lipinski definition) is 3. The number of rotatable bonds is 6. The summed E-state index contributed by atoms with van der Waals surface area (Å²) in [6.07, 6.45) is 1.85. The number of hydrogen-bond donors (Lipinski definition) is 2. The third-order valence-electron chi connectivity index (χ3n) is 4.42. The first kappa shape index (κ1) is 16.0. The SMILES string of the molecule is CCC(C)C(C)C(=O)NCC1(C(=O)O)CCOCC1. The zero-order valence-corrected chi connectivity index (χ0v) is 12.1. The number of amides is 1. The Morgan fingerprint density at radius 3 is 2.37 bits per heavy atom. The minimum absolute atomic E-state index is 0.0542. The summed E-state index contributed by atoms with van der Waals surface area (Å²) < 4.78 is 5.21. The first-order valence-corrected chi connectivity index (χ1v) is 7.02. The summed E-state index contributed by atoms with van der Waals surface area (Å²) in [5.74, 6) is -0.681. The first-order valence-electron chi connectivity index (χ1n) is 7.02. The van der Waals surface area contributed by atoms with Gasteiger partial charge in [-0.2, -0.15) is 0 Å². The smallest absolute Gasteiger partial charge is 0.311 e. The number of carbonyl (C=O) groups is 2. The number of aliphatic carboxylic acids is 1. The van der Waals surface area contributed by atoms with Gasteiger partial charge >= 0.3 is 5.97 Å². The van der Waals surface area contributed by atoms with Gasteiger partial charge in [0.25, 0.3) is 0 Å². The Hall–Kier alpha value is -1.10. The van der Waals surface area contributed by atoms with Crippen molar-refractivity contribution in [3.05, 3.63) is 0 Å². The van der Waals surface area contributed by atoms with E-state index in [1.54, 1.807) is 0 Å². The molecule has 0 aromatic heterocycles. The fraction of sp³-hybridized carbons (Fsp3) is 0.857. The summed E-state index contributed by atoms with van der Waals surface area (Å²) in [6.45, 7) is 7.07. The number of carboxylic acid groups (broad SMARTS) is 1. The van der Waals surface area contributed by atoms with Gasteiger partial charge in [-0.1, -0.05) is 27.2 Å². The molecule has 2 N–H and O–H groups in total. The van der Waals surface area contributed by atoms with E-state index < -0.39 is 11.4 Å². The molecule has 0 aliphatic carbocycles. The first-order chi connectivity index (χ1) is 8.93. The molecular weight excluding hydrogens is 246 g/mol. The molecule has 1 heterocycles. The molecule has 5 nitrogen and oxygen atoms in total. The molecular formula is C14H25NO4. The Labute approximate surface area is 114 Å². The second kappa shape index (κ2) is 6.89. The van der Waals surface area contributed by atoms with Gasteiger partial charge in [-0.15, -0.1) is 0 Å². The molecule has 5 heteroatoms. The molecule has 110 valence electrons. The number of nitrogens with one attached hydrogen (secondary N) is 1. The van der Waals surface area contributed by atoms with Crippen molar-refractivity contribution in [3.8, 4) is 0 Å². The topological polar surface area (TPSA) is 75.6 Å². The summed E-state index contributed by atoms with van der Waals surface area (Å²) >= 11 is 0. The Balaban J connectivity index is 2.57. The highest BCUT2D eigenvalue weighted by Gasteiger charge is 2.40. The molecule has 1 rings (SSSR count). The third-order valence-corrected chi connectivity index (χ3v) is 4.42. The highest BCUT2D eigenvalue weighted by Crippen LogP contribution is 2.30. The minimum atomic E-state index is -0.858. The van der Waals surface area contributed by atoms with E-state index >= 15 is 0 Å². The molecule has 1 saturated heterocycles. The van der Waals surface area contributed by atoms with E-state index in [0.29, 0.717) is 32.0 Å². The van der Waals surface area contributed by atoms with E-state index in [2.05, 4.69) is 5.32 Å². The van der Waals surface area contributed by atoms with Gasteiger partial charge in [0, 0.05) is 25.7 Å². The Morgan fingerprint density at radius 1 is 1.32 bits per heavy atom. The largest absolute Gasteiger partial charge is 0.481 e. The van der Waals surface area contributed by atoms with E-state index in [0.717, 1.165) is 6.42 Å². The molecule has 0 bridgehead atoms. The Bertz CT molecular complexity index is 323. The second-order valence-electron chi connectivity index (χ2n) is 5.59. The van der Waals surface area contributed by atoms with E-state index in [-0.39, 0.29) is 18.4 Å². The predicted octanol–water partition coefficient (Wildman–Crippen LogP) is 1.67. The molecule has 0 spiro atoms. The molecule has 2 unspecified atom stereocenters. The van der Waals surface area contributed by atoms with Gasteiger partial charge in [-0.05, 0) is 18.8 Å². The van der Waals surface area contributed by atoms with Crippen LogP contribution < -0.4 is 5.32 Å². The number of ether oxygens (including phenoxy) is 1. The predicted molar refractivity (Wildman–Crippen MR) is 71.8 cm³/mol. The van der Waals surface area contributed by atoms with Crippen LogP contribution in [0.15, 0.2) is 0 Å².